The van der Waals surface area contributed by atoms with Crippen molar-refractivity contribution in [2.24, 2.45) is 0 Å². The summed E-state index contributed by atoms with van der Waals surface area (Å²) in [5, 5.41) is 0.742. The summed E-state index contributed by atoms with van der Waals surface area (Å²) < 4.78 is -1.61. The van der Waals surface area contributed by atoms with Crippen molar-refractivity contribution in [1.29, 1.82) is 0 Å². The van der Waals surface area contributed by atoms with Gasteiger partial charge in [0.2, 0.25) is 11.4 Å². The zero-order valence-corrected chi connectivity index (χ0v) is 20.6. The second-order valence-electron chi connectivity index (χ2n) is 4.75. The van der Waals surface area contributed by atoms with E-state index in [4.69, 9.17) is 59.5 Å². The molecule has 0 aliphatic heterocycles. The Bertz CT molecular complexity index is 808. The molecule has 1 radical (unpaired) electrons. The molecule has 0 spiro atoms. The monoisotopic (exact) mass is 545 g/mol. The Morgan fingerprint density at radius 2 is 1.30 bits per heavy atom. The van der Waals surface area contributed by atoms with Gasteiger partial charge in [-0.25, -0.2) is 9.69 Å². The summed E-state index contributed by atoms with van der Waals surface area (Å²) in [4.78, 5) is 14.9. The van der Waals surface area contributed by atoms with Crippen LogP contribution in [0.2, 0.25) is 0 Å². The molecule has 0 aliphatic carbocycles. The van der Waals surface area contributed by atoms with Crippen molar-refractivity contribution < 1.29 is 18.6 Å². The van der Waals surface area contributed by atoms with Crippen LogP contribution in [-0.4, -0.2) is 13.2 Å². The number of nitrogens with zero attached hydrogens (tertiary/aromatic N) is 4. The maximum absolute atomic E-state index is 6.79. The van der Waals surface area contributed by atoms with Gasteiger partial charge in [0.1, 0.15) is 0 Å². The van der Waals surface area contributed by atoms with Crippen LogP contribution in [0.5, 0.6) is 0 Å². The Morgan fingerprint density at radius 3 is 1.63 bits per heavy atom. The number of hydrogen-bond acceptors (Lipinski definition) is 2. The smallest absolute Gasteiger partial charge is 0.266 e. The molecule has 2 heterocycles. The molecule has 0 fully saturated rings. The van der Waals surface area contributed by atoms with Crippen molar-refractivity contribution in [3.63, 3.8) is 0 Å². The fraction of sp³-hybridized carbons (Fsp3) is 0.294. The number of pyridine rings is 2. The normalized spacial score (nSPS) is 9.26. The van der Waals surface area contributed by atoms with Gasteiger partial charge in [0.05, 0.1) is 13.1 Å². The molecular weight excluding hydrogens is 533 g/mol. The van der Waals surface area contributed by atoms with Crippen LogP contribution in [0, 0.1) is 33.9 Å². The molecule has 0 atom stereocenters. The number of aryl methyl sites for hydroxylation is 3. The van der Waals surface area contributed by atoms with Gasteiger partial charge in [-0.2, -0.15) is 0 Å². The number of aromatic nitrogens is 2. The molecule has 0 aliphatic rings. The zero-order valence-electron chi connectivity index (χ0n) is 14.6. The third-order valence-corrected chi connectivity index (χ3v) is 3.27. The molecule has 0 N–H and O–H groups in total. The molecule has 0 saturated carbocycles. The third-order valence-electron chi connectivity index (χ3n) is 2.69. The van der Waals surface area contributed by atoms with Crippen molar-refractivity contribution in [3.8, 4) is 0 Å². The van der Waals surface area contributed by atoms with E-state index in [-0.39, 0.29) is 18.6 Å². The van der Waals surface area contributed by atoms with Crippen LogP contribution in [0.3, 0.4) is 0 Å². The first-order valence-corrected chi connectivity index (χ1v) is 9.62. The van der Waals surface area contributed by atoms with Crippen LogP contribution in [-0.2, 0) is 23.9 Å². The number of halogens is 5. The van der Waals surface area contributed by atoms with Crippen molar-refractivity contribution in [2.45, 2.75) is 29.4 Å². The summed E-state index contributed by atoms with van der Waals surface area (Å²) in [7, 11) is 0. The standard InChI is InChI=1S/C8H7BrN2.C8H8N2.CCl4.V/c1-6-8(10-2)4-3-7(5-9)11-6;1-6-4-5-8(9-3)7(2)10-6;2-1(3,4)5;/h3-4H,5H2,1H3;4-5H,1-2H3;;. The Labute approximate surface area is 200 Å². The van der Waals surface area contributed by atoms with Gasteiger partial charge in [-0.15, -0.1) is 0 Å². The van der Waals surface area contributed by atoms with Gasteiger partial charge in [-0.05, 0) is 20.8 Å². The van der Waals surface area contributed by atoms with E-state index < -0.39 is 3.25 Å². The van der Waals surface area contributed by atoms with Gasteiger partial charge in [-0.1, -0.05) is 86.6 Å². The van der Waals surface area contributed by atoms with Gasteiger partial charge in [0.25, 0.3) is 3.25 Å². The van der Waals surface area contributed by atoms with Gasteiger partial charge in [0, 0.05) is 46.7 Å². The Hall–Kier alpha value is -0.496. The summed E-state index contributed by atoms with van der Waals surface area (Å²) in [5.74, 6) is 0. The third kappa shape index (κ3) is 14.2. The maximum atomic E-state index is 6.79. The van der Waals surface area contributed by atoms with Crippen LogP contribution >= 0.6 is 62.3 Å². The van der Waals surface area contributed by atoms with E-state index >= 15 is 0 Å². The summed E-state index contributed by atoms with van der Waals surface area (Å²) in [6, 6.07) is 7.30. The summed E-state index contributed by atoms with van der Waals surface area (Å²) in [5.41, 5.74) is 4.83. The fourth-order valence-electron chi connectivity index (χ4n) is 1.60. The SMILES string of the molecule is ClC(Cl)(Cl)Cl.[C-]#[N+]c1ccc(C)nc1C.[C-]#[N+]c1ccc(CBr)nc1C.[V]. The first-order chi connectivity index (χ1) is 12.0. The molecule has 143 valence electrons. The average molecular weight is 548 g/mol. The van der Waals surface area contributed by atoms with E-state index in [0.717, 1.165) is 28.1 Å². The zero-order chi connectivity index (χ0) is 20.3. The first-order valence-electron chi connectivity index (χ1n) is 6.99. The summed E-state index contributed by atoms with van der Waals surface area (Å²) in [6.07, 6.45) is 0. The number of rotatable bonds is 1. The average Bonchev–Trinajstić information content (AvgIpc) is 2.54. The minimum Gasteiger partial charge on any atom is -0.270 e. The van der Waals surface area contributed by atoms with E-state index in [2.05, 4.69) is 35.6 Å². The fourth-order valence-corrected chi connectivity index (χ4v) is 1.91. The second kappa shape index (κ2) is 14.5. The van der Waals surface area contributed by atoms with Crippen molar-refractivity contribution in [3.05, 3.63) is 69.9 Å². The maximum Gasteiger partial charge on any atom is 0.266 e. The van der Waals surface area contributed by atoms with Crippen LogP contribution in [0.25, 0.3) is 9.69 Å². The molecular formula is C17H15BrCl4N4V. The van der Waals surface area contributed by atoms with Gasteiger partial charge in [0.15, 0.2) is 0 Å². The summed E-state index contributed by atoms with van der Waals surface area (Å²) in [6.45, 7) is 19.1. The largest absolute Gasteiger partial charge is 0.270 e. The van der Waals surface area contributed by atoms with Crippen molar-refractivity contribution in [1.82, 2.24) is 9.97 Å². The quantitative estimate of drug-likeness (QED) is 0.272. The predicted octanol–water partition coefficient (Wildman–Crippen LogP) is 7.64. The molecule has 4 nitrogen and oxygen atoms in total. The molecule has 10 heteroatoms. The molecule has 0 bridgehead atoms. The van der Waals surface area contributed by atoms with E-state index in [1.165, 1.54) is 0 Å². The van der Waals surface area contributed by atoms with Crippen LogP contribution in [0.1, 0.15) is 22.8 Å². The van der Waals surface area contributed by atoms with E-state index in [9.17, 15) is 0 Å². The molecule has 27 heavy (non-hydrogen) atoms. The molecule has 2 rings (SSSR count). The molecule has 0 amide bonds. The van der Waals surface area contributed by atoms with Crippen LogP contribution in [0.4, 0.5) is 11.4 Å². The predicted molar refractivity (Wildman–Crippen MR) is 114 cm³/mol. The molecule has 2 aromatic rings. The topological polar surface area (TPSA) is 34.5 Å². The van der Waals surface area contributed by atoms with Gasteiger partial charge in [-0.3, -0.25) is 9.97 Å². The number of alkyl halides is 5. The molecule has 0 unspecified atom stereocenters. The first kappa shape index (κ1) is 28.7. The second-order valence-corrected chi connectivity index (χ2v) is 8.74. The Kier molecular flexibility index (Phi) is 15.4. The minimum atomic E-state index is -1.61. The summed E-state index contributed by atoms with van der Waals surface area (Å²) >= 11 is 22.6. The molecule has 0 saturated heterocycles. The van der Waals surface area contributed by atoms with E-state index in [1.807, 2.05) is 32.9 Å². The van der Waals surface area contributed by atoms with Crippen LogP contribution < -0.4 is 0 Å². The van der Waals surface area contributed by atoms with E-state index in [1.54, 1.807) is 12.1 Å². The van der Waals surface area contributed by atoms with Gasteiger partial charge < -0.3 is 0 Å². The van der Waals surface area contributed by atoms with Crippen molar-refractivity contribution >= 4 is 73.7 Å². The molecule has 2 aromatic heterocycles. The van der Waals surface area contributed by atoms with Crippen molar-refractivity contribution in [2.75, 3.05) is 0 Å². The minimum absolute atomic E-state index is 0. The molecule has 0 aromatic carbocycles. The van der Waals surface area contributed by atoms with Crippen LogP contribution in [0.15, 0.2) is 24.3 Å². The Morgan fingerprint density at radius 1 is 0.889 bits per heavy atom. The van der Waals surface area contributed by atoms with Gasteiger partial charge >= 0.3 is 0 Å². The van der Waals surface area contributed by atoms with E-state index in [0.29, 0.717) is 11.4 Å². The Balaban J connectivity index is 0. The number of hydrogen-bond donors (Lipinski definition) is 0.